The van der Waals surface area contributed by atoms with Crippen LogP contribution in [0, 0.1) is 0 Å². The summed E-state index contributed by atoms with van der Waals surface area (Å²) >= 11 is 0. The van der Waals surface area contributed by atoms with Crippen LogP contribution in [0.3, 0.4) is 0 Å². The van der Waals surface area contributed by atoms with Crippen LogP contribution in [0.4, 0.5) is 5.69 Å². The van der Waals surface area contributed by atoms with E-state index in [4.69, 9.17) is 10.8 Å². The molecule has 1 aromatic carbocycles. The van der Waals surface area contributed by atoms with Crippen LogP contribution in [0.25, 0.3) is 11.3 Å². The molecule has 0 saturated heterocycles. The van der Waals surface area contributed by atoms with Crippen LogP contribution in [0.2, 0.25) is 0 Å². The minimum Gasteiger partial charge on any atom is -0.478 e. The summed E-state index contributed by atoms with van der Waals surface area (Å²) in [7, 11) is 0. The number of nitrogen functional groups attached to an aromatic ring is 1. The molecule has 4 heteroatoms. The largest absolute Gasteiger partial charge is 0.478 e. The first kappa shape index (κ1) is 10.2. The van der Waals surface area contributed by atoms with Crippen LogP contribution in [-0.4, -0.2) is 16.1 Å². The first-order valence-corrected chi connectivity index (χ1v) is 4.72. The molecule has 0 saturated carbocycles. The third-order valence-corrected chi connectivity index (χ3v) is 2.20. The van der Waals surface area contributed by atoms with Crippen molar-refractivity contribution >= 4 is 11.7 Å². The molecule has 0 aliphatic carbocycles. The normalized spacial score (nSPS) is 10.0. The molecule has 1 aromatic heterocycles. The fourth-order valence-electron chi connectivity index (χ4n) is 1.49. The lowest BCUT2D eigenvalue weighted by atomic mass is 10.1. The van der Waals surface area contributed by atoms with Crippen molar-refractivity contribution in [3.05, 3.63) is 48.2 Å². The molecule has 0 aliphatic rings. The lowest BCUT2D eigenvalue weighted by Crippen LogP contribution is -2.01. The van der Waals surface area contributed by atoms with Crippen molar-refractivity contribution in [2.75, 3.05) is 5.73 Å². The van der Waals surface area contributed by atoms with Gasteiger partial charge in [0, 0.05) is 17.4 Å². The van der Waals surface area contributed by atoms with E-state index < -0.39 is 5.97 Å². The van der Waals surface area contributed by atoms with E-state index in [-0.39, 0.29) is 5.56 Å². The second-order valence-corrected chi connectivity index (χ2v) is 3.33. The quantitative estimate of drug-likeness (QED) is 0.750. The van der Waals surface area contributed by atoms with Gasteiger partial charge in [-0.25, -0.2) is 4.79 Å². The van der Waals surface area contributed by atoms with Gasteiger partial charge >= 0.3 is 5.97 Å². The summed E-state index contributed by atoms with van der Waals surface area (Å²) in [5.41, 5.74) is 7.54. The van der Waals surface area contributed by atoms with E-state index in [9.17, 15) is 4.79 Å². The van der Waals surface area contributed by atoms with Crippen molar-refractivity contribution in [1.82, 2.24) is 4.98 Å². The molecule has 4 nitrogen and oxygen atoms in total. The van der Waals surface area contributed by atoms with Gasteiger partial charge in [-0.1, -0.05) is 12.1 Å². The van der Waals surface area contributed by atoms with Crippen molar-refractivity contribution in [1.29, 1.82) is 0 Å². The number of aromatic nitrogens is 1. The first-order valence-electron chi connectivity index (χ1n) is 4.72. The Labute approximate surface area is 92.4 Å². The molecular formula is C12H10N2O2. The van der Waals surface area contributed by atoms with Gasteiger partial charge in [0.2, 0.25) is 0 Å². The molecule has 80 valence electrons. The zero-order chi connectivity index (χ0) is 11.5. The number of carboxylic acid groups (broad SMARTS) is 1. The Morgan fingerprint density at radius 3 is 2.75 bits per heavy atom. The maximum absolute atomic E-state index is 11.0. The van der Waals surface area contributed by atoms with Crippen molar-refractivity contribution < 1.29 is 9.90 Å². The second kappa shape index (κ2) is 4.02. The van der Waals surface area contributed by atoms with Gasteiger partial charge in [-0.15, -0.1) is 0 Å². The van der Waals surface area contributed by atoms with Crippen molar-refractivity contribution in [3.8, 4) is 11.3 Å². The fraction of sp³-hybridized carbons (Fsp3) is 0. The second-order valence-electron chi connectivity index (χ2n) is 3.33. The van der Waals surface area contributed by atoms with E-state index in [1.807, 2.05) is 0 Å². The number of nitrogens with zero attached hydrogens (tertiary/aromatic N) is 1. The van der Waals surface area contributed by atoms with Gasteiger partial charge in [0.05, 0.1) is 11.3 Å². The molecule has 2 rings (SSSR count). The summed E-state index contributed by atoms with van der Waals surface area (Å²) in [5.74, 6) is -0.995. The van der Waals surface area contributed by atoms with Gasteiger partial charge in [0.25, 0.3) is 0 Å². The average molecular weight is 214 g/mol. The highest BCUT2D eigenvalue weighted by atomic mass is 16.4. The smallest absolute Gasteiger partial charge is 0.337 e. The summed E-state index contributed by atoms with van der Waals surface area (Å²) in [6.07, 6.45) is 1.56. The highest BCUT2D eigenvalue weighted by Crippen LogP contribution is 2.22. The number of nitrogens with two attached hydrogens (primary N) is 1. The minimum atomic E-state index is -0.995. The molecule has 0 radical (unpaired) electrons. The molecule has 3 N–H and O–H groups in total. The summed E-state index contributed by atoms with van der Waals surface area (Å²) in [4.78, 5) is 15.1. The van der Waals surface area contributed by atoms with Crippen LogP contribution in [-0.2, 0) is 0 Å². The number of rotatable bonds is 2. The molecular weight excluding hydrogens is 204 g/mol. The minimum absolute atomic E-state index is 0.174. The van der Waals surface area contributed by atoms with E-state index >= 15 is 0 Å². The molecule has 1 heterocycles. The van der Waals surface area contributed by atoms with E-state index in [2.05, 4.69) is 4.98 Å². The Kier molecular flexibility index (Phi) is 2.55. The van der Waals surface area contributed by atoms with Crippen molar-refractivity contribution in [2.24, 2.45) is 0 Å². The van der Waals surface area contributed by atoms with Gasteiger partial charge in [0.1, 0.15) is 0 Å². The molecule has 2 aromatic rings. The Morgan fingerprint density at radius 2 is 2.06 bits per heavy atom. The number of hydrogen-bond acceptors (Lipinski definition) is 3. The maximum atomic E-state index is 11.0. The topological polar surface area (TPSA) is 76.2 Å². The number of pyridine rings is 1. The van der Waals surface area contributed by atoms with E-state index in [1.54, 1.807) is 36.5 Å². The van der Waals surface area contributed by atoms with Gasteiger partial charge in [-0.2, -0.15) is 0 Å². The summed E-state index contributed by atoms with van der Waals surface area (Å²) < 4.78 is 0. The predicted octanol–water partition coefficient (Wildman–Crippen LogP) is 2.03. The Bertz CT molecular complexity index is 538. The molecule has 0 atom stereocenters. The molecule has 0 amide bonds. The molecule has 16 heavy (non-hydrogen) atoms. The number of benzene rings is 1. The lowest BCUT2D eigenvalue weighted by Gasteiger charge is -2.05. The number of carbonyl (C=O) groups is 1. The molecule has 0 fully saturated rings. The number of hydrogen-bond donors (Lipinski definition) is 2. The van der Waals surface area contributed by atoms with E-state index in [0.29, 0.717) is 16.9 Å². The van der Waals surface area contributed by atoms with Gasteiger partial charge in [-0.05, 0) is 24.3 Å². The number of anilines is 1. The SMILES string of the molecule is Nc1cccc(-c2ncccc2C(=O)O)c1. The highest BCUT2D eigenvalue weighted by molar-refractivity contribution is 5.94. The van der Waals surface area contributed by atoms with Gasteiger partial charge < -0.3 is 10.8 Å². The highest BCUT2D eigenvalue weighted by Gasteiger charge is 2.11. The Hall–Kier alpha value is -2.36. The third-order valence-electron chi connectivity index (χ3n) is 2.20. The van der Waals surface area contributed by atoms with Crippen LogP contribution in [0.15, 0.2) is 42.6 Å². The monoisotopic (exact) mass is 214 g/mol. The van der Waals surface area contributed by atoms with Crippen molar-refractivity contribution in [2.45, 2.75) is 0 Å². The van der Waals surface area contributed by atoms with Crippen LogP contribution >= 0.6 is 0 Å². The zero-order valence-electron chi connectivity index (χ0n) is 8.42. The van der Waals surface area contributed by atoms with Crippen LogP contribution in [0.5, 0.6) is 0 Å². The van der Waals surface area contributed by atoms with Gasteiger partial charge in [-0.3, -0.25) is 4.98 Å². The van der Waals surface area contributed by atoms with Gasteiger partial charge in [0.15, 0.2) is 0 Å². The summed E-state index contributed by atoms with van der Waals surface area (Å²) in [6.45, 7) is 0. The fourth-order valence-corrected chi connectivity index (χ4v) is 1.49. The Balaban J connectivity index is 2.60. The van der Waals surface area contributed by atoms with Crippen LogP contribution in [0.1, 0.15) is 10.4 Å². The molecule has 0 unspecified atom stereocenters. The zero-order valence-corrected chi connectivity index (χ0v) is 8.42. The molecule has 0 bridgehead atoms. The predicted molar refractivity (Wildman–Crippen MR) is 61.0 cm³/mol. The van der Waals surface area contributed by atoms with E-state index in [0.717, 1.165) is 0 Å². The lowest BCUT2D eigenvalue weighted by molar-refractivity contribution is 0.0697. The van der Waals surface area contributed by atoms with E-state index in [1.165, 1.54) is 6.07 Å². The summed E-state index contributed by atoms with van der Waals surface area (Å²) in [6, 6.07) is 10.1. The summed E-state index contributed by atoms with van der Waals surface area (Å²) in [5, 5.41) is 9.03. The maximum Gasteiger partial charge on any atom is 0.337 e. The Morgan fingerprint density at radius 1 is 1.25 bits per heavy atom. The van der Waals surface area contributed by atoms with Crippen LogP contribution < -0.4 is 5.73 Å². The number of carboxylic acids is 1. The van der Waals surface area contributed by atoms with Crippen molar-refractivity contribution in [3.63, 3.8) is 0 Å². The third kappa shape index (κ3) is 1.86. The first-order chi connectivity index (χ1) is 7.68. The molecule has 0 spiro atoms. The average Bonchev–Trinajstić information content (AvgIpc) is 2.29. The standard InChI is InChI=1S/C12H10N2O2/c13-9-4-1-3-8(7-9)11-10(12(15)16)5-2-6-14-11/h1-7H,13H2,(H,15,16). The molecule has 0 aliphatic heterocycles. The number of aromatic carboxylic acids is 1.